The van der Waals surface area contributed by atoms with Crippen LogP contribution in [0.15, 0.2) is 70.4 Å². The van der Waals surface area contributed by atoms with Gasteiger partial charge in [-0.25, -0.2) is 9.18 Å². The molecule has 0 aliphatic heterocycles. The van der Waals surface area contributed by atoms with Crippen LogP contribution in [0.4, 0.5) is 4.39 Å². The Bertz CT molecular complexity index is 1520. The Morgan fingerprint density at radius 3 is 2.37 bits per heavy atom. The van der Waals surface area contributed by atoms with E-state index in [9.17, 15) is 14.0 Å². The molecule has 150 valence electrons. The van der Waals surface area contributed by atoms with E-state index in [-0.39, 0.29) is 17.9 Å². The van der Waals surface area contributed by atoms with Crippen LogP contribution in [-0.2, 0) is 13.6 Å². The first-order valence-electron chi connectivity index (χ1n) is 9.56. The lowest BCUT2D eigenvalue weighted by Crippen LogP contribution is -2.38. The van der Waals surface area contributed by atoms with Gasteiger partial charge in [-0.3, -0.25) is 22.9 Å². The van der Waals surface area contributed by atoms with Crippen molar-refractivity contribution in [1.29, 1.82) is 0 Å². The van der Waals surface area contributed by atoms with E-state index in [0.29, 0.717) is 22.6 Å². The highest BCUT2D eigenvalue weighted by molar-refractivity contribution is 5.79. The van der Waals surface area contributed by atoms with Crippen LogP contribution < -0.4 is 11.2 Å². The summed E-state index contributed by atoms with van der Waals surface area (Å²) in [5, 5.41) is 0. The van der Waals surface area contributed by atoms with Crippen LogP contribution in [0.5, 0.6) is 0 Å². The summed E-state index contributed by atoms with van der Waals surface area (Å²) in [5.74, 6) is 0.126. The summed E-state index contributed by atoms with van der Waals surface area (Å²) < 4.78 is 19.7. The van der Waals surface area contributed by atoms with Gasteiger partial charge in [0.05, 0.1) is 5.69 Å². The lowest BCUT2D eigenvalue weighted by molar-refractivity contribution is 0.627. The molecular formula is C22H18FN5O2. The molecule has 0 saturated carbocycles. The summed E-state index contributed by atoms with van der Waals surface area (Å²) in [6.07, 6.45) is 1.83. The lowest BCUT2D eigenvalue weighted by Gasteiger charge is -2.09. The fraction of sp³-hybridized carbons (Fsp3) is 0.136. The van der Waals surface area contributed by atoms with Crippen molar-refractivity contribution in [2.24, 2.45) is 7.05 Å². The molecule has 0 amide bonds. The zero-order valence-corrected chi connectivity index (χ0v) is 16.4. The monoisotopic (exact) mass is 403 g/mol. The van der Waals surface area contributed by atoms with E-state index in [1.165, 1.54) is 21.3 Å². The first-order valence-corrected chi connectivity index (χ1v) is 9.56. The Morgan fingerprint density at radius 1 is 1.00 bits per heavy atom. The largest absolute Gasteiger partial charge is 0.332 e. The van der Waals surface area contributed by atoms with E-state index in [1.54, 1.807) is 30.5 Å². The van der Waals surface area contributed by atoms with Crippen LogP contribution in [0, 0.1) is 5.82 Å². The number of benzene rings is 2. The topological polar surface area (TPSA) is 66.2 Å². The van der Waals surface area contributed by atoms with Gasteiger partial charge in [-0.05, 0) is 31.2 Å². The number of nitrogens with zero attached hydrogens (tertiary/aromatic N) is 5. The van der Waals surface area contributed by atoms with Crippen molar-refractivity contribution in [3.63, 3.8) is 0 Å². The molecule has 5 rings (SSSR count). The van der Waals surface area contributed by atoms with Gasteiger partial charge in [0, 0.05) is 31.0 Å². The normalized spacial score (nSPS) is 11.6. The minimum atomic E-state index is -0.410. The predicted molar refractivity (Wildman–Crippen MR) is 113 cm³/mol. The van der Waals surface area contributed by atoms with Gasteiger partial charge < -0.3 is 0 Å². The highest BCUT2D eigenvalue weighted by Crippen LogP contribution is 2.28. The maximum absolute atomic E-state index is 13.6. The molecule has 3 heterocycles. The van der Waals surface area contributed by atoms with E-state index in [2.05, 4.69) is 4.98 Å². The Morgan fingerprint density at radius 2 is 1.70 bits per heavy atom. The molecule has 0 saturated heterocycles. The van der Waals surface area contributed by atoms with Gasteiger partial charge >= 0.3 is 5.69 Å². The summed E-state index contributed by atoms with van der Waals surface area (Å²) in [6, 6.07) is 15.7. The molecule has 0 aliphatic carbocycles. The number of rotatable bonds is 3. The Kier molecular flexibility index (Phi) is 3.95. The SMILES string of the molecule is CCn1c(=O)c2c(nc3n(-c4ccc(F)cc4)c(-c4ccccc4)cn23)n(C)c1=O. The fourth-order valence-corrected chi connectivity index (χ4v) is 3.83. The summed E-state index contributed by atoms with van der Waals surface area (Å²) in [6.45, 7) is 2.02. The number of hydrogen-bond acceptors (Lipinski definition) is 3. The van der Waals surface area contributed by atoms with Crippen molar-refractivity contribution >= 4 is 16.9 Å². The number of halogens is 1. The first kappa shape index (κ1) is 18.1. The summed E-state index contributed by atoms with van der Waals surface area (Å²) in [4.78, 5) is 30.3. The van der Waals surface area contributed by atoms with Crippen LogP contribution in [0.2, 0.25) is 0 Å². The third-order valence-corrected chi connectivity index (χ3v) is 5.32. The van der Waals surface area contributed by atoms with Gasteiger partial charge in [0.25, 0.3) is 5.56 Å². The third kappa shape index (κ3) is 2.46. The van der Waals surface area contributed by atoms with Crippen molar-refractivity contribution in [1.82, 2.24) is 23.1 Å². The molecule has 8 heteroatoms. The van der Waals surface area contributed by atoms with Crippen LogP contribution in [-0.4, -0.2) is 23.1 Å². The second kappa shape index (κ2) is 6.55. The number of aryl methyl sites for hydroxylation is 1. The molecule has 3 aromatic heterocycles. The molecule has 0 spiro atoms. The van der Waals surface area contributed by atoms with Gasteiger partial charge in [0.15, 0.2) is 11.2 Å². The Labute approximate surface area is 169 Å². The van der Waals surface area contributed by atoms with Crippen molar-refractivity contribution in [2.75, 3.05) is 0 Å². The summed E-state index contributed by atoms with van der Waals surface area (Å²) in [5.41, 5.74) is 2.24. The van der Waals surface area contributed by atoms with E-state index in [4.69, 9.17) is 0 Å². The standard InChI is InChI=1S/C22H18FN5O2/c1-3-26-20(29)18-19(25(2)22(26)30)24-21-27(18)13-17(14-7-5-4-6-8-14)28(21)16-11-9-15(23)10-12-16/h4-13H,3H2,1-2H3. The molecule has 7 nitrogen and oxygen atoms in total. The highest BCUT2D eigenvalue weighted by Gasteiger charge is 2.22. The summed E-state index contributed by atoms with van der Waals surface area (Å²) >= 11 is 0. The number of hydrogen-bond donors (Lipinski definition) is 0. The Balaban J connectivity index is 1.97. The molecule has 0 bridgehead atoms. The first-order chi connectivity index (χ1) is 14.5. The average Bonchev–Trinajstić information content (AvgIpc) is 3.30. The zero-order valence-electron chi connectivity index (χ0n) is 16.4. The quantitative estimate of drug-likeness (QED) is 0.465. The average molecular weight is 403 g/mol. The van der Waals surface area contributed by atoms with Crippen molar-refractivity contribution in [3.8, 4) is 16.9 Å². The predicted octanol–water partition coefficient (Wildman–Crippen LogP) is 2.96. The van der Waals surface area contributed by atoms with Crippen molar-refractivity contribution < 1.29 is 4.39 Å². The van der Waals surface area contributed by atoms with Crippen LogP contribution >= 0.6 is 0 Å². The maximum atomic E-state index is 13.6. The van der Waals surface area contributed by atoms with Gasteiger partial charge in [0.2, 0.25) is 5.78 Å². The zero-order chi connectivity index (χ0) is 21.0. The van der Waals surface area contributed by atoms with E-state index >= 15 is 0 Å². The second-order valence-electron chi connectivity index (χ2n) is 7.04. The van der Waals surface area contributed by atoms with Crippen LogP contribution in [0.25, 0.3) is 33.9 Å². The number of fused-ring (bicyclic) bond motifs is 3. The smallest absolute Gasteiger partial charge is 0.279 e. The van der Waals surface area contributed by atoms with Crippen LogP contribution in [0.1, 0.15) is 6.92 Å². The molecule has 0 aliphatic rings. The Hall–Kier alpha value is -3.94. The van der Waals surface area contributed by atoms with Crippen LogP contribution in [0.3, 0.4) is 0 Å². The third-order valence-electron chi connectivity index (χ3n) is 5.32. The molecule has 2 aromatic carbocycles. The molecule has 30 heavy (non-hydrogen) atoms. The van der Waals surface area contributed by atoms with Gasteiger partial charge in [-0.15, -0.1) is 0 Å². The highest BCUT2D eigenvalue weighted by atomic mass is 19.1. The van der Waals surface area contributed by atoms with E-state index < -0.39 is 5.69 Å². The molecule has 5 aromatic rings. The van der Waals surface area contributed by atoms with Crippen molar-refractivity contribution in [2.45, 2.75) is 13.5 Å². The van der Waals surface area contributed by atoms with E-state index in [1.807, 2.05) is 41.1 Å². The van der Waals surface area contributed by atoms with Gasteiger partial charge in [-0.1, -0.05) is 30.3 Å². The fourth-order valence-electron chi connectivity index (χ4n) is 3.83. The minimum Gasteiger partial charge on any atom is -0.279 e. The molecule has 0 N–H and O–H groups in total. The van der Waals surface area contributed by atoms with Crippen molar-refractivity contribution in [3.05, 3.63) is 87.4 Å². The second-order valence-corrected chi connectivity index (χ2v) is 7.04. The molecule has 0 fully saturated rings. The minimum absolute atomic E-state index is 0.263. The summed E-state index contributed by atoms with van der Waals surface area (Å²) in [7, 11) is 1.60. The number of imidazole rings is 2. The lowest BCUT2D eigenvalue weighted by atomic mass is 10.1. The van der Waals surface area contributed by atoms with Gasteiger partial charge in [0.1, 0.15) is 5.82 Å². The molecule has 0 radical (unpaired) electrons. The van der Waals surface area contributed by atoms with Gasteiger partial charge in [-0.2, -0.15) is 4.98 Å². The maximum Gasteiger partial charge on any atom is 0.332 e. The molecule has 0 atom stereocenters. The van der Waals surface area contributed by atoms with E-state index in [0.717, 1.165) is 11.3 Å². The molecule has 0 unspecified atom stereocenters. The molecular weight excluding hydrogens is 385 g/mol. The number of aromatic nitrogens is 5.